The third-order valence-corrected chi connectivity index (χ3v) is 4.92. The smallest absolute Gasteiger partial charge is 0.146 e. The molecule has 2 rings (SSSR count). The maximum Gasteiger partial charge on any atom is 0.146 e. The van der Waals surface area contributed by atoms with E-state index >= 15 is 0 Å². The molecule has 0 aromatic heterocycles. The van der Waals surface area contributed by atoms with Crippen LogP contribution in [-0.2, 0) is 6.42 Å². The predicted octanol–water partition coefficient (Wildman–Crippen LogP) is 3.05. The summed E-state index contributed by atoms with van der Waals surface area (Å²) in [7, 11) is 0. The van der Waals surface area contributed by atoms with E-state index in [0.717, 1.165) is 42.1 Å². The van der Waals surface area contributed by atoms with Crippen molar-refractivity contribution in [3.63, 3.8) is 0 Å². The summed E-state index contributed by atoms with van der Waals surface area (Å²) in [5.74, 6) is 2.02. The van der Waals surface area contributed by atoms with E-state index in [0.29, 0.717) is 6.04 Å². The Morgan fingerprint density at radius 3 is 3.00 bits per heavy atom. The van der Waals surface area contributed by atoms with E-state index in [2.05, 4.69) is 18.7 Å². The van der Waals surface area contributed by atoms with Crippen molar-refractivity contribution in [3.05, 3.63) is 29.6 Å². The van der Waals surface area contributed by atoms with Crippen molar-refractivity contribution in [2.75, 3.05) is 23.0 Å². The van der Waals surface area contributed by atoms with Crippen molar-refractivity contribution in [1.29, 1.82) is 0 Å². The SMILES string of the molecule is CCC(N)Cc1cccc(F)c1N1CCSCC1C. The first-order chi connectivity index (χ1) is 9.13. The van der Waals surface area contributed by atoms with Gasteiger partial charge < -0.3 is 10.6 Å². The van der Waals surface area contributed by atoms with E-state index in [-0.39, 0.29) is 11.9 Å². The van der Waals surface area contributed by atoms with Crippen molar-refractivity contribution in [2.45, 2.75) is 38.8 Å². The molecule has 1 aliphatic heterocycles. The van der Waals surface area contributed by atoms with Gasteiger partial charge in [-0.2, -0.15) is 11.8 Å². The monoisotopic (exact) mass is 282 g/mol. The Balaban J connectivity index is 2.31. The van der Waals surface area contributed by atoms with Crippen LogP contribution in [0.4, 0.5) is 10.1 Å². The molecule has 0 bridgehead atoms. The molecule has 4 heteroatoms. The van der Waals surface area contributed by atoms with Gasteiger partial charge >= 0.3 is 0 Å². The molecular formula is C15H23FN2S. The number of thioether (sulfide) groups is 1. The van der Waals surface area contributed by atoms with Crippen molar-refractivity contribution in [3.8, 4) is 0 Å². The van der Waals surface area contributed by atoms with Gasteiger partial charge in [-0.25, -0.2) is 4.39 Å². The molecule has 0 radical (unpaired) electrons. The van der Waals surface area contributed by atoms with Gasteiger partial charge in [-0.05, 0) is 31.4 Å². The summed E-state index contributed by atoms with van der Waals surface area (Å²) in [4.78, 5) is 2.21. The molecule has 0 aliphatic carbocycles. The molecule has 0 amide bonds. The highest BCUT2D eigenvalue weighted by molar-refractivity contribution is 7.99. The van der Waals surface area contributed by atoms with Crippen LogP contribution in [0, 0.1) is 5.82 Å². The normalized spacial score (nSPS) is 21.5. The lowest BCUT2D eigenvalue weighted by Crippen LogP contribution is -2.41. The largest absolute Gasteiger partial charge is 0.365 e. The molecule has 1 aliphatic rings. The maximum absolute atomic E-state index is 14.3. The second-order valence-corrected chi connectivity index (χ2v) is 6.39. The number of hydrogen-bond acceptors (Lipinski definition) is 3. The van der Waals surface area contributed by atoms with Gasteiger partial charge in [0.2, 0.25) is 0 Å². The summed E-state index contributed by atoms with van der Waals surface area (Å²) in [6, 6.07) is 5.86. The van der Waals surface area contributed by atoms with Crippen LogP contribution >= 0.6 is 11.8 Å². The van der Waals surface area contributed by atoms with Crippen molar-refractivity contribution in [1.82, 2.24) is 0 Å². The second kappa shape index (κ2) is 6.62. The molecular weight excluding hydrogens is 259 g/mol. The summed E-state index contributed by atoms with van der Waals surface area (Å²) >= 11 is 1.94. The van der Waals surface area contributed by atoms with Crippen LogP contribution in [-0.4, -0.2) is 30.1 Å². The first-order valence-electron chi connectivity index (χ1n) is 7.00. The lowest BCUT2D eigenvalue weighted by Gasteiger charge is -2.36. The first-order valence-corrected chi connectivity index (χ1v) is 8.16. The molecule has 106 valence electrons. The molecule has 2 nitrogen and oxygen atoms in total. The van der Waals surface area contributed by atoms with Crippen LogP contribution in [0.3, 0.4) is 0 Å². The standard InChI is InChI=1S/C15H23FN2S/c1-3-13(17)9-12-5-4-6-14(16)15(12)18-7-8-19-10-11(18)2/h4-6,11,13H,3,7-10,17H2,1-2H3. The number of benzene rings is 1. The van der Waals surface area contributed by atoms with Gasteiger partial charge in [0.1, 0.15) is 5.82 Å². The molecule has 0 spiro atoms. The van der Waals surface area contributed by atoms with Gasteiger partial charge in [-0.3, -0.25) is 0 Å². The number of rotatable bonds is 4. The molecule has 2 unspecified atom stereocenters. The zero-order chi connectivity index (χ0) is 13.8. The summed E-state index contributed by atoms with van der Waals surface area (Å²) < 4.78 is 14.3. The van der Waals surface area contributed by atoms with E-state index in [1.54, 1.807) is 12.1 Å². The van der Waals surface area contributed by atoms with Gasteiger partial charge in [0.25, 0.3) is 0 Å². The summed E-state index contributed by atoms with van der Waals surface area (Å²) in [6.45, 7) is 5.16. The molecule has 1 saturated heterocycles. The first kappa shape index (κ1) is 14.7. The van der Waals surface area contributed by atoms with Crippen LogP contribution < -0.4 is 10.6 Å². The van der Waals surface area contributed by atoms with Crippen LogP contribution in [0.25, 0.3) is 0 Å². The van der Waals surface area contributed by atoms with E-state index in [1.165, 1.54) is 0 Å². The Bertz CT molecular complexity index is 425. The van der Waals surface area contributed by atoms with E-state index in [4.69, 9.17) is 5.73 Å². The van der Waals surface area contributed by atoms with Crippen LogP contribution in [0.5, 0.6) is 0 Å². The minimum Gasteiger partial charge on any atom is -0.365 e. The average molecular weight is 282 g/mol. The van der Waals surface area contributed by atoms with Crippen LogP contribution in [0.1, 0.15) is 25.8 Å². The third-order valence-electron chi connectivity index (χ3n) is 3.73. The number of hydrogen-bond donors (Lipinski definition) is 1. The quantitative estimate of drug-likeness (QED) is 0.920. The minimum atomic E-state index is -0.112. The van der Waals surface area contributed by atoms with Crippen molar-refractivity contribution >= 4 is 17.4 Å². The zero-order valence-electron chi connectivity index (χ0n) is 11.7. The molecule has 1 fully saturated rings. The van der Waals surface area contributed by atoms with E-state index in [9.17, 15) is 4.39 Å². The van der Waals surface area contributed by atoms with Gasteiger partial charge in [-0.15, -0.1) is 0 Å². The molecule has 19 heavy (non-hydrogen) atoms. The Morgan fingerprint density at radius 1 is 1.53 bits per heavy atom. The molecule has 1 aromatic carbocycles. The molecule has 2 N–H and O–H groups in total. The Morgan fingerprint density at radius 2 is 2.32 bits per heavy atom. The predicted molar refractivity (Wildman–Crippen MR) is 82.5 cm³/mol. The highest BCUT2D eigenvalue weighted by Crippen LogP contribution is 2.30. The van der Waals surface area contributed by atoms with Gasteiger partial charge in [-0.1, -0.05) is 19.1 Å². The average Bonchev–Trinajstić information content (AvgIpc) is 2.40. The lowest BCUT2D eigenvalue weighted by atomic mass is 10.0. The maximum atomic E-state index is 14.3. The highest BCUT2D eigenvalue weighted by Gasteiger charge is 2.24. The van der Waals surface area contributed by atoms with E-state index in [1.807, 2.05) is 17.8 Å². The summed E-state index contributed by atoms with van der Waals surface area (Å²) in [5, 5.41) is 0. The minimum absolute atomic E-state index is 0.107. The number of nitrogens with two attached hydrogens (primary N) is 1. The zero-order valence-corrected chi connectivity index (χ0v) is 12.5. The van der Waals surface area contributed by atoms with E-state index < -0.39 is 0 Å². The fourth-order valence-electron chi connectivity index (χ4n) is 2.53. The van der Waals surface area contributed by atoms with Crippen molar-refractivity contribution in [2.24, 2.45) is 5.73 Å². The Kier molecular flexibility index (Phi) is 5.11. The molecule has 2 atom stereocenters. The second-order valence-electron chi connectivity index (χ2n) is 5.24. The Hall–Kier alpha value is -0.740. The molecule has 0 saturated carbocycles. The van der Waals surface area contributed by atoms with Gasteiger partial charge in [0.05, 0.1) is 5.69 Å². The molecule has 1 aromatic rings. The lowest BCUT2D eigenvalue weighted by molar-refractivity contribution is 0.591. The van der Waals surface area contributed by atoms with Gasteiger partial charge in [0.15, 0.2) is 0 Å². The van der Waals surface area contributed by atoms with Gasteiger partial charge in [0, 0.05) is 30.1 Å². The number of anilines is 1. The Labute approximate surface area is 119 Å². The fourth-order valence-corrected chi connectivity index (χ4v) is 3.55. The molecule has 1 heterocycles. The van der Waals surface area contributed by atoms with Crippen LogP contribution in [0.15, 0.2) is 18.2 Å². The summed E-state index contributed by atoms with van der Waals surface area (Å²) in [6.07, 6.45) is 1.67. The third kappa shape index (κ3) is 3.42. The number of halogens is 1. The fraction of sp³-hybridized carbons (Fsp3) is 0.600. The number of nitrogens with zero attached hydrogens (tertiary/aromatic N) is 1. The topological polar surface area (TPSA) is 29.3 Å². The van der Waals surface area contributed by atoms with Crippen molar-refractivity contribution < 1.29 is 4.39 Å². The number of para-hydroxylation sites is 1. The summed E-state index contributed by atoms with van der Waals surface area (Å²) in [5.41, 5.74) is 7.87. The van der Waals surface area contributed by atoms with Crippen LogP contribution in [0.2, 0.25) is 0 Å². The highest BCUT2D eigenvalue weighted by atomic mass is 32.2.